The quantitative estimate of drug-likeness (QED) is 0.744. The van der Waals surface area contributed by atoms with Gasteiger partial charge in [-0.05, 0) is 30.2 Å². The minimum atomic E-state index is -0.273. The number of rotatable bonds is 1. The van der Waals surface area contributed by atoms with Gasteiger partial charge in [-0.25, -0.2) is 4.79 Å². The van der Waals surface area contributed by atoms with Gasteiger partial charge in [0.1, 0.15) is 5.75 Å². The number of nitrogens with zero attached hydrogens (tertiary/aromatic N) is 1. The molecule has 0 radical (unpaired) electrons. The van der Waals surface area contributed by atoms with Crippen molar-refractivity contribution in [3.05, 3.63) is 65.9 Å². The third kappa shape index (κ3) is 2.68. The number of H-pyrrole nitrogens is 1. The fourth-order valence-electron chi connectivity index (χ4n) is 3.20. The molecular formula is C19H18N2O2. The Balaban J connectivity index is 1.51. The monoisotopic (exact) mass is 306 g/mol. The number of hydrogen-bond donors (Lipinski definition) is 1. The maximum atomic E-state index is 12.4. The summed E-state index contributed by atoms with van der Waals surface area (Å²) in [6.07, 6.45) is 1.41. The number of nitrogens with one attached hydrogen (secondary N) is 1. The molecule has 1 aromatic heterocycles. The fraction of sp³-hybridized carbons (Fsp3) is 0.211. The topological polar surface area (TPSA) is 45.3 Å². The van der Waals surface area contributed by atoms with E-state index >= 15 is 0 Å². The zero-order chi connectivity index (χ0) is 15.6. The molecule has 1 amide bonds. The van der Waals surface area contributed by atoms with E-state index < -0.39 is 0 Å². The Morgan fingerprint density at radius 2 is 1.70 bits per heavy atom. The van der Waals surface area contributed by atoms with Crippen LogP contribution in [0.25, 0.3) is 10.9 Å². The molecule has 0 saturated heterocycles. The summed E-state index contributed by atoms with van der Waals surface area (Å²) in [5, 5.41) is 1.26. The average molecular weight is 306 g/mol. The van der Waals surface area contributed by atoms with E-state index in [1.54, 1.807) is 17.0 Å². The van der Waals surface area contributed by atoms with E-state index in [1.807, 2.05) is 24.3 Å². The predicted molar refractivity (Wildman–Crippen MR) is 89.7 cm³/mol. The molecular weight excluding hydrogens is 288 g/mol. The summed E-state index contributed by atoms with van der Waals surface area (Å²) in [5.41, 5.74) is 3.75. The van der Waals surface area contributed by atoms with Gasteiger partial charge >= 0.3 is 6.09 Å². The number of ether oxygens (including phenoxy) is 1. The average Bonchev–Trinajstić information content (AvgIpc) is 2.80. The van der Waals surface area contributed by atoms with E-state index in [9.17, 15) is 4.79 Å². The lowest BCUT2D eigenvalue weighted by molar-refractivity contribution is 0.154. The van der Waals surface area contributed by atoms with E-state index in [-0.39, 0.29) is 6.09 Å². The van der Waals surface area contributed by atoms with Crippen LogP contribution in [0.5, 0.6) is 5.75 Å². The van der Waals surface area contributed by atoms with E-state index in [1.165, 1.54) is 22.2 Å². The number of aromatic amines is 1. The molecule has 0 aliphatic carbocycles. The van der Waals surface area contributed by atoms with Crippen LogP contribution in [-0.2, 0) is 12.8 Å². The second-order valence-corrected chi connectivity index (χ2v) is 5.80. The summed E-state index contributed by atoms with van der Waals surface area (Å²) in [5.74, 6) is 0.589. The fourth-order valence-corrected chi connectivity index (χ4v) is 3.20. The molecule has 3 aromatic rings. The van der Waals surface area contributed by atoms with Crippen molar-refractivity contribution in [2.24, 2.45) is 0 Å². The molecule has 2 heterocycles. The first kappa shape index (κ1) is 13.9. The Hall–Kier alpha value is -2.75. The molecule has 0 spiro atoms. The lowest BCUT2D eigenvalue weighted by Gasteiger charge is -2.19. The lowest BCUT2D eigenvalue weighted by Crippen LogP contribution is -2.35. The molecule has 0 saturated carbocycles. The van der Waals surface area contributed by atoms with Gasteiger partial charge in [0, 0.05) is 36.1 Å². The number of fused-ring (bicyclic) bond motifs is 3. The molecule has 0 atom stereocenters. The SMILES string of the molecule is O=C(Oc1ccccc1)N1CCc2[nH]c3ccccc3c2CC1. The Morgan fingerprint density at radius 3 is 2.57 bits per heavy atom. The molecule has 4 rings (SSSR count). The van der Waals surface area contributed by atoms with Crippen molar-refractivity contribution >= 4 is 17.0 Å². The van der Waals surface area contributed by atoms with E-state index in [4.69, 9.17) is 4.74 Å². The van der Waals surface area contributed by atoms with Crippen LogP contribution in [0, 0.1) is 0 Å². The molecule has 1 N–H and O–H groups in total. The molecule has 23 heavy (non-hydrogen) atoms. The summed E-state index contributed by atoms with van der Waals surface area (Å²) < 4.78 is 5.45. The maximum Gasteiger partial charge on any atom is 0.415 e. The molecule has 4 heteroatoms. The van der Waals surface area contributed by atoms with Gasteiger partial charge in [-0.15, -0.1) is 0 Å². The van der Waals surface area contributed by atoms with E-state index in [0.29, 0.717) is 18.8 Å². The highest BCUT2D eigenvalue weighted by atomic mass is 16.6. The normalized spacial score (nSPS) is 14.3. The van der Waals surface area contributed by atoms with Gasteiger partial charge < -0.3 is 14.6 Å². The van der Waals surface area contributed by atoms with Crippen LogP contribution in [0.1, 0.15) is 11.3 Å². The minimum absolute atomic E-state index is 0.273. The Morgan fingerprint density at radius 1 is 0.957 bits per heavy atom. The first-order valence-corrected chi connectivity index (χ1v) is 7.91. The van der Waals surface area contributed by atoms with Gasteiger partial charge in [0.2, 0.25) is 0 Å². The summed E-state index contributed by atoms with van der Waals surface area (Å²) in [6.45, 7) is 1.35. The number of hydrogen-bond acceptors (Lipinski definition) is 2. The highest BCUT2D eigenvalue weighted by molar-refractivity contribution is 5.85. The molecule has 4 nitrogen and oxygen atoms in total. The van der Waals surface area contributed by atoms with Crippen LogP contribution < -0.4 is 4.74 Å². The van der Waals surface area contributed by atoms with Crippen molar-refractivity contribution in [1.29, 1.82) is 0 Å². The Kier molecular flexibility index (Phi) is 3.50. The molecule has 0 bridgehead atoms. The largest absolute Gasteiger partial charge is 0.415 e. The zero-order valence-corrected chi connectivity index (χ0v) is 12.8. The number of amides is 1. The van der Waals surface area contributed by atoms with Crippen molar-refractivity contribution in [1.82, 2.24) is 9.88 Å². The first-order valence-electron chi connectivity index (χ1n) is 7.91. The van der Waals surface area contributed by atoms with Gasteiger partial charge in [0.05, 0.1) is 0 Å². The Labute approximate surface area is 134 Å². The zero-order valence-electron chi connectivity index (χ0n) is 12.8. The minimum Gasteiger partial charge on any atom is -0.410 e. The maximum absolute atomic E-state index is 12.4. The smallest absolute Gasteiger partial charge is 0.410 e. The molecule has 116 valence electrons. The third-order valence-corrected chi connectivity index (χ3v) is 4.37. The van der Waals surface area contributed by atoms with Crippen molar-refractivity contribution in [2.45, 2.75) is 12.8 Å². The van der Waals surface area contributed by atoms with Crippen molar-refractivity contribution < 1.29 is 9.53 Å². The standard InChI is InChI=1S/C19H18N2O2/c22-19(23-14-6-2-1-3-7-14)21-12-10-16-15-8-4-5-9-17(15)20-18(16)11-13-21/h1-9,20H,10-13H2. The molecule has 1 aliphatic heterocycles. The molecule has 0 unspecified atom stereocenters. The third-order valence-electron chi connectivity index (χ3n) is 4.37. The summed E-state index contributed by atoms with van der Waals surface area (Å²) in [4.78, 5) is 17.6. The number of aromatic nitrogens is 1. The second-order valence-electron chi connectivity index (χ2n) is 5.80. The van der Waals surface area contributed by atoms with Gasteiger partial charge in [-0.1, -0.05) is 36.4 Å². The highest BCUT2D eigenvalue weighted by Crippen LogP contribution is 2.25. The van der Waals surface area contributed by atoms with Crippen molar-refractivity contribution in [3.63, 3.8) is 0 Å². The first-order chi connectivity index (χ1) is 11.3. The van der Waals surface area contributed by atoms with Gasteiger partial charge in [-0.3, -0.25) is 0 Å². The van der Waals surface area contributed by atoms with Crippen LogP contribution in [0.2, 0.25) is 0 Å². The van der Waals surface area contributed by atoms with E-state index in [2.05, 4.69) is 23.2 Å². The van der Waals surface area contributed by atoms with Crippen LogP contribution in [-0.4, -0.2) is 29.1 Å². The second kappa shape index (κ2) is 5.80. The highest BCUT2D eigenvalue weighted by Gasteiger charge is 2.22. The van der Waals surface area contributed by atoms with Crippen LogP contribution in [0.15, 0.2) is 54.6 Å². The van der Waals surface area contributed by atoms with E-state index in [0.717, 1.165) is 12.8 Å². The summed E-state index contributed by atoms with van der Waals surface area (Å²) in [6, 6.07) is 17.6. The molecule has 2 aromatic carbocycles. The van der Waals surface area contributed by atoms with Crippen molar-refractivity contribution in [3.8, 4) is 5.75 Å². The van der Waals surface area contributed by atoms with Crippen LogP contribution >= 0.6 is 0 Å². The number of carbonyl (C=O) groups excluding carboxylic acids is 1. The Bertz CT molecular complexity index is 839. The predicted octanol–water partition coefficient (Wildman–Crippen LogP) is 3.77. The van der Waals surface area contributed by atoms with Crippen molar-refractivity contribution in [2.75, 3.05) is 13.1 Å². The number of carbonyl (C=O) groups is 1. The van der Waals surface area contributed by atoms with Gasteiger partial charge in [0.15, 0.2) is 0 Å². The number of benzene rings is 2. The summed E-state index contributed by atoms with van der Waals surface area (Å²) >= 11 is 0. The van der Waals surface area contributed by atoms with Gasteiger partial charge in [0.25, 0.3) is 0 Å². The summed E-state index contributed by atoms with van der Waals surface area (Å²) in [7, 11) is 0. The van der Waals surface area contributed by atoms with Crippen LogP contribution in [0.4, 0.5) is 4.79 Å². The molecule has 1 aliphatic rings. The van der Waals surface area contributed by atoms with Crippen LogP contribution in [0.3, 0.4) is 0 Å². The van der Waals surface area contributed by atoms with Gasteiger partial charge in [-0.2, -0.15) is 0 Å². The lowest BCUT2D eigenvalue weighted by atomic mass is 10.1. The molecule has 0 fully saturated rings. The number of para-hydroxylation sites is 2.